The number of carbonyl (C=O) groups is 2. The average molecular weight is 314 g/mol. The number of carbonyl (C=O) groups excluding carboxylic acids is 2. The van der Waals surface area contributed by atoms with Crippen molar-refractivity contribution in [3.63, 3.8) is 0 Å². The van der Waals surface area contributed by atoms with Crippen molar-refractivity contribution in [3.8, 4) is 11.5 Å². The fraction of sp³-hybridized carbons (Fsp3) is 0.176. The molecule has 0 aliphatic carbocycles. The largest absolute Gasteiger partial charge is 0.493 e. The number of hydrogen-bond donors (Lipinski definition) is 2. The van der Waals surface area contributed by atoms with Crippen molar-refractivity contribution in [2.45, 2.75) is 6.92 Å². The van der Waals surface area contributed by atoms with Crippen molar-refractivity contribution < 1.29 is 19.1 Å². The van der Waals surface area contributed by atoms with E-state index in [-0.39, 0.29) is 12.5 Å². The van der Waals surface area contributed by atoms with Crippen molar-refractivity contribution >= 4 is 17.5 Å². The number of anilines is 1. The molecule has 23 heavy (non-hydrogen) atoms. The van der Waals surface area contributed by atoms with E-state index in [1.165, 1.54) is 0 Å². The summed E-state index contributed by atoms with van der Waals surface area (Å²) in [4.78, 5) is 23.1. The van der Waals surface area contributed by atoms with E-state index in [1.807, 2.05) is 6.92 Å². The molecule has 0 atom stereocenters. The maximum absolute atomic E-state index is 12.4. The highest BCUT2D eigenvalue weighted by molar-refractivity contribution is 6.06. The molecule has 2 aromatic carbocycles. The highest BCUT2D eigenvalue weighted by Gasteiger charge is 2.12. The predicted octanol–water partition coefficient (Wildman–Crippen LogP) is 2.20. The molecule has 2 rings (SSSR count). The molecule has 0 aliphatic heterocycles. The van der Waals surface area contributed by atoms with E-state index in [9.17, 15) is 9.59 Å². The zero-order chi connectivity index (χ0) is 16.7. The number of rotatable bonds is 7. The second-order valence-corrected chi connectivity index (χ2v) is 4.67. The molecule has 0 aromatic heterocycles. The van der Waals surface area contributed by atoms with Gasteiger partial charge >= 0.3 is 0 Å². The van der Waals surface area contributed by atoms with Crippen molar-refractivity contribution in [1.82, 2.24) is 0 Å². The van der Waals surface area contributed by atoms with Gasteiger partial charge in [0.15, 0.2) is 6.61 Å². The summed E-state index contributed by atoms with van der Waals surface area (Å²) < 4.78 is 10.7. The molecular weight excluding hydrogens is 296 g/mol. The Morgan fingerprint density at radius 1 is 1.09 bits per heavy atom. The van der Waals surface area contributed by atoms with Crippen LogP contribution < -0.4 is 20.5 Å². The number of primary amides is 1. The molecule has 0 fully saturated rings. The van der Waals surface area contributed by atoms with Crippen LogP contribution in [0.4, 0.5) is 5.69 Å². The molecule has 0 saturated heterocycles. The first kappa shape index (κ1) is 16.4. The first-order valence-corrected chi connectivity index (χ1v) is 7.14. The highest BCUT2D eigenvalue weighted by Crippen LogP contribution is 2.22. The number of hydrogen-bond acceptors (Lipinski definition) is 4. The van der Waals surface area contributed by atoms with Crippen LogP contribution in [-0.4, -0.2) is 25.0 Å². The minimum absolute atomic E-state index is 0.218. The Bertz CT molecular complexity index is 700. The lowest BCUT2D eigenvalue weighted by molar-refractivity contribution is -0.119. The molecule has 0 bridgehead atoms. The van der Waals surface area contributed by atoms with Crippen LogP contribution in [0.3, 0.4) is 0 Å². The first-order chi connectivity index (χ1) is 11.1. The Labute approximate surface area is 134 Å². The fourth-order valence-electron chi connectivity index (χ4n) is 1.95. The van der Waals surface area contributed by atoms with Gasteiger partial charge in [-0.1, -0.05) is 18.2 Å². The molecule has 3 N–H and O–H groups in total. The number of para-hydroxylation sites is 1. The maximum atomic E-state index is 12.4. The Morgan fingerprint density at radius 2 is 1.87 bits per heavy atom. The summed E-state index contributed by atoms with van der Waals surface area (Å²) >= 11 is 0. The standard InChI is InChI=1S/C17H18N2O4/c1-2-22-15-9-4-3-8-14(15)17(21)19-12-6-5-7-13(10-12)23-11-16(18)20/h3-10H,2,11H2,1H3,(H2,18,20)(H,19,21). The molecule has 2 amide bonds. The van der Waals surface area contributed by atoms with Gasteiger partial charge in [-0.2, -0.15) is 0 Å². The minimum atomic E-state index is -0.565. The SMILES string of the molecule is CCOc1ccccc1C(=O)Nc1cccc(OCC(N)=O)c1. The van der Waals surface area contributed by atoms with Gasteiger partial charge < -0.3 is 20.5 Å². The average Bonchev–Trinajstić information content (AvgIpc) is 2.54. The van der Waals surface area contributed by atoms with Crippen LogP contribution in [0.2, 0.25) is 0 Å². The Kier molecular flexibility index (Phi) is 5.57. The second-order valence-electron chi connectivity index (χ2n) is 4.67. The third kappa shape index (κ3) is 4.74. The van der Waals surface area contributed by atoms with Crippen LogP contribution in [0.5, 0.6) is 11.5 Å². The zero-order valence-electron chi connectivity index (χ0n) is 12.7. The van der Waals surface area contributed by atoms with Crippen LogP contribution in [0.1, 0.15) is 17.3 Å². The van der Waals surface area contributed by atoms with E-state index in [0.717, 1.165) is 0 Å². The van der Waals surface area contributed by atoms with Crippen molar-refractivity contribution in [1.29, 1.82) is 0 Å². The lowest BCUT2D eigenvalue weighted by Crippen LogP contribution is -2.20. The third-order valence-corrected chi connectivity index (χ3v) is 2.90. The van der Waals surface area contributed by atoms with Crippen LogP contribution in [0.15, 0.2) is 48.5 Å². The van der Waals surface area contributed by atoms with E-state index >= 15 is 0 Å². The molecule has 0 unspecified atom stereocenters. The fourth-order valence-corrected chi connectivity index (χ4v) is 1.95. The van der Waals surface area contributed by atoms with E-state index in [2.05, 4.69) is 5.32 Å². The van der Waals surface area contributed by atoms with Gasteiger partial charge in [-0.05, 0) is 31.2 Å². The molecule has 0 radical (unpaired) electrons. The summed E-state index contributed by atoms with van der Waals surface area (Å²) in [6.45, 7) is 2.11. The molecular formula is C17H18N2O4. The summed E-state index contributed by atoms with van der Waals surface area (Å²) in [5, 5.41) is 2.77. The van der Waals surface area contributed by atoms with Crippen molar-refractivity contribution in [3.05, 3.63) is 54.1 Å². The van der Waals surface area contributed by atoms with Gasteiger partial charge in [0.25, 0.3) is 11.8 Å². The van der Waals surface area contributed by atoms with E-state index in [4.69, 9.17) is 15.2 Å². The van der Waals surface area contributed by atoms with Gasteiger partial charge in [0, 0.05) is 11.8 Å². The smallest absolute Gasteiger partial charge is 0.259 e. The molecule has 6 nitrogen and oxygen atoms in total. The lowest BCUT2D eigenvalue weighted by atomic mass is 10.2. The number of nitrogens with one attached hydrogen (secondary N) is 1. The van der Waals surface area contributed by atoms with E-state index in [0.29, 0.717) is 29.4 Å². The Hall–Kier alpha value is -3.02. The van der Waals surface area contributed by atoms with Crippen LogP contribution in [0.25, 0.3) is 0 Å². The molecule has 6 heteroatoms. The molecule has 0 saturated carbocycles. The lowest BCUT2D eigenvalue weighted by Gasteiger charge is -2.11. The van der Waals surface area contributed by atoms with Gasteiger partial charge in [-0.15, -0.1) is 0 Å². The predicted molar refractivity (Wildman–Crippen MR) is 86.7 cm³/mol. The molecule has 0 heterocycles. The summed E-state index contributed by atoms with van der Waals surface area (Å²) in [6.07, 6.45) is 0. The van der Waals surface area contributed by atoms with Gasteiger partial charge in [-0.25, -0.2) is 0 Å². The number of amides is 2. The van der Waals surface area contributed by atoms with Crippen LogP contribution in [0, 0.1) is 0 Å². The van der Waals surface area contributed by atoms with E-state index in [1.54, 1.807) is 48.5 Å². The number of nitrogens with two attached hydrogens (primary N) is 1. The maximum Gasteiger partial charge on any atom is 0.259 e. The number of benzene rings is 2. The Balaban J connectivity index is 2.11. The molecule has 120 valence electrons. The highest BCUT2D eigenvalue weighted by atomic mass is 16.5. The van der Waals surface area contributed by atoms with Crippen LogP contribution >= 0.6 is 0 Å². The second kappa shape index (κ2) is 7.84. The van der Waals surface area contributed by atoms with Gasteiger partial charge in [0.2, 0.25) is 0 Å². The van der Waals surface area contributed by atoms with Gasteiger partial charge in [-0.3, -0.25) is 9.59 Å². The molecule has 2 aromatic rings. The summed E-state index contributed by atoms with van der Waals surface area (Å²) in [7, 11) is 0. The van der Waals surface area contributed by atoms with Gasteiger partial charge in [0.05, 0.1) is 12.2 Å². The summed E-state index contributed by atoms with van der Waals surface area (Å²) in [6, 6.07) is 13.7. The minimum Gasteiger partial charge on any atom is -0.493 e. The van der Waals surface area contributed by atoms with Crippen LogP contribution in [-0.2, 0) is 4.79 Å². The summed E-state index contributed by atoms with van der Waals surface area (Å²) in [5.74, 6) is 0.111. The van der Waals surface area contributed by atoms with Gasteiger partial charge in [0.1, 0.15) is 11.5 Å². The van der Waals surface area contributed by atoms with E-state index < -0.39 is 5.91 Å². The first-order valence-electron chi connectivity index (χ1n) is 7.14. The zero-order valence-corrected chi connectivity index (χ0v) is 12.7. The molecule has 0 spiro atoms. The summed E-state index contributed by atoms with van der Waals surface area (Å²) in [5.41, 5.74) is 6.02. The monoisotopic (exact) mass is 314 g/mol. The van der Waals surface area contributed by atoms with Crippen molar-refractivity contribution in [2.75, 3.05) is 18.5 Å². The molecule has 0 aliphatic rings. The quantitative estimate of drug-likeness (QED) is 0.819. The van der Waals surface area contributed by atoms with Crippen molar-refractivity contribution in [2.24, 2.45) is 5.73 Å². The topological polar surface area (TPSA) is 90.7 Å². The Morgan fingerprint density at radius 3 is 2.61 bits per heavy atom. The number of ether oxygens (including phenoxy) is 2. The third-order valence-electron chi connectivity index (χ3n) is 2.90. The normalized spacial score (nSPS) is 9.96.